The molecule has 0 aliphatic heterocycles. The Morgan fingerprint density at radius 1 is 1.33 bits per heavy atom. The fourth-order valence-electron chi connectivity index (χ4n) is 1.76. The molecule has 0 radical (unpaired) electrons. The molecule has 4 nitrogen and oxygen atoms in total. The van der Waals surface area contributed by atoms with Crippen LogP contribution in [0.3, 0.4) is 0 Å². The van der Waals surface area contributed by atoms with Crippen LogP contribution in [-0.4, -0.2) is 19.2 Å². The van der Waals surface area contributed by atoms with Crippen molar-refractivity contribution in [1.29, 1.82) is 0 Å². The molecule has 1 aromatic heterocycles. The van der Waals surface area contributed by atoms with Gasteiger partial charge in [0.05, 0.1) is 7.11 Å². The molecule has 0 fully saturated rings. The van der Waals surface area contributed by atoms with Crippen molar-refractivity contribution in [3.63, 3.8) is 0 Å². The molecule has 1 atom stereocenters. The minimum absolute atomic E-state index is 0.135. The standard InChI is InChI=1S/C13H13BrO4/c1-16-9-3-4-10-8(5-12(14)17-2)6-13(15)18-11(10)7-9/h3-4,6-7,12H,5H2,1-2H3. The Balaban J connectivity index is 2.55. The van der Waals surface area contributed by atoms with Gasteiger partial charge in [-0.15, -0.1) is 0 Å². The minimum atomic E-state index is -0.374. The highest BCUT2D eigenvalue weighted by atomic mass is 79.9. The molecule has 0 aliphatic rings. The number of hydrogen-bond acceptors (Lipinski definition) is 4. The highest BCUT2D eigenvalue weighted by molar-refractivity contribution is 9.09. The Bertz CT molecular complexity index is 605. The molecule has 0 bridgehead atoms. The van der Waals surface area contributed by atoms with Crippen molar-refractivity contribution in [3.8, 4) is 5.75 Å². The molecule has 0 saturated carbocycles. The quantitative estimate of drug-likeness (QED) is 0.643. The van der Waals surface area contributed by atoms with Gasteiger partial charge in [-0.25, -0.2) is 4.79 Å². The molecular weight excluding hydrogens is 300 g/mol. The lowest BCUT2D eigenvalue weighted by molar-refractivity contribution is 0.179. The molecule has 0 aliphatic carbocycles. The van der Waals surface area contributed by atoms with Gasteiger partial charge in [-0.05, 0) is 17.7 Å². The molecule has 18 heavy (non-hydrogen) atoms. The molecule has 2 rings (SSSR count). The van der Waals surface area contributed by atoms with E-state index < -0.39 is 0 Å². The van der Waals surface area contributed by atoms with E-state index in [1.54, 1.807) is 20.3 Å². The third-order valence-corrected chi connectivity index (χ3v) is 3.37. The van der Waals surface area contributed by atoms with Crippen LogP contribution in [0.15, 0.2) is 33.5 Å². The monoisotopic (exact) mass is 312 g/mol. The Kier molecular flexibility index (Phi) is 4.04. The molecule has 1 heterocycles. The maximum atomic E-state index is 11.5. The van der Waals surface area contributed by atoms with Gasteiger partial charge in [0.25, 0.3) is 0 Å². The minimum Gasteiger partial charge on any atom is -0.497 e. The van der Waals surface area contributed by atoms with E-state index in [0.29, 0.717) is 17.8 Å². The van der Waals surface area contributed by atoms with E-state index in [1.165, 1.54) is 6.07 Å². The van der Waals surface area contributed by atoms with E-state index in [-0.39, 0.29) is 10.6 Å². The molecule has 1 aromatic carbocycles. The normalized spacial score (nSPS) is 12.6. The van der Waals surface area contributed by atoms with E-state index in [1.807, 2.05) is 12.1 Å². The van der Waals surface area contributed by atoms with E-state index >= 15 is 0 Å². The fraction of sp³-hybridized carbons (Fsp3) is 0.308. The third-order valence-electron chi connectivity index (χ3n) is 2.67. The largest absolute Gasteiger partial charge is 0.497 e. The summed E-state index contributed by atoms with van der Waals surface area (Å²) in [7, 11) is 3.18. The summed E-state index contributed by atoms with van der Waals surface area (Å²) in [5, 5.41) is 0.751. The summed E-state index contributed by atoms with van der Waals surface area (Å²) in [6, 6.07) is 6.90. The summed E-state index contributed by atoms with van der Waals surface area (Å²) >= 11 is 3.37. The van der Waals surface area contributed by atoms with Gasteiger partial charge in [0.15, 0.2) is 0 Å². The van der Waals surface area contributed by atoms with Gasteiger partial charge < -0.3 is 13.9 Å². The van der Waals surface area contributed by atoms with E-state index in [0.717, 1.165) is 10.9 Å². The number of rotatable bonds is 4. The van der Waals surface area contributed by atoms with Crippen LogP contribution in [0, 0.1) is 0 Å². The lowest BCUT2D eigenvalue weighted by atomic mass is 10.1. The van der Waals surface area contributed by atoms with Gasteiger partial charge in [-0.1, -0.05) is 15.9 Å². The van der Waals surface area contributed by atoms with Crippen LogP contribution in [0.4, 0.5) is 0 Å². The SMILES string of the molecule is COc1ccc2c(CC(Br)OC)cc(=O)oc2c1. The average molecular weight is 313 g/mol. The Hall–Kier alpha value is -1.33. The van der Waals surface area contributed by atoms with E-state index in [9.17, 15) is 4.79 Å². The number of ether oxygens (including phenoxy) is 2. The average Bonchev–Trinajstić information content (AvgIpc) is 2.37. The van der Waals surface area contributed by atoms with Crippen molar-refractivity contribution in [2.45, 2.75) is 11.4 Å². The first-order valence-electron chi connectivity index (χ1n) is 5.41. The second-order valence-corrected chi connectivity index (χ2v) is 4.82. The van der Waals surface area contributed by atoms with Crippen LogP contribution in [-0.2, 0) is 11.2 Å². The Morgan fingerprint density at radius 3 is 2.78 bits per heavy atom. The molecular formula is C13H13BrO4. The first-order valence-corrected chi connectivity index (χ1v) is 6.33. The van der Waals surface area contributed by atoms with Crippen molar-refractivity contribution in [2.75, 3.05) is 14.2 Å². The number of benzene rings is 1. The second-order valence-electron chi connectivity index (χ2n) is 3.80. The molecule has 0 saturated heterocycles. The summed E-state index contributed by atoms with van der Waals surface area (Å²) < 4.78 is 15.4. The van der Waals surface area contributed by atoms with Crippen molar-refractivity contribution >= 4 is 26.9 Å². The summed E-state index contributed by atoms with van der Waals surface area (Å²) in [6.45, 7) is 0. The maximum Gasteiger partial charge on any atom is 0.336 e. The second kappa shape index (κ2) is 5.54. The number of methoxy groups -OCH3 is 2. The van der Waals surface area contributed by atoms with Gasteiger partial charge in [0, 0.05) is 31.0 Å². The smallest absolute Gasteiger partial charge is 0.336 e. The first kappa shape index (κ1) is 13.1. The lowest BCUT2D eigenvalue weighted by Gasteiger charge is -2.10. The zero-order chi connectivity index (χ0) is 13.1. The zero-order valence-corrected chi connectivity index (χ0v) is 11.7. The van der Waals surface area contributed by atoms with Crippen molar-refractivity contribution < 1.29 is 13.9 Å². The zero-order valence-electron chi connectivity index (χ0n) is 10.1. The Morgan fingerprint density at radius 2 is 2.11 bits per heavy atom. The Labute approximate surface area is 113 Å². The van der Waals surface area contributed by atoms with Crippen LogP contribution in [0.1, 0.15) is 5.56 Å². The predicted octanol–water partition coefficient (Wildman–Crippen LogP) is 2.71. The van der Waals surface area contributed by atoms with E-state index in [2.05, 4.69) is 15.9 Å². The number of hydrogen-bond donors (Lipinski definition) is 0. The number of fused-ring (bicyclic) bond motifs is 1. The van der Waals surface area contributed by atoms with Crippen LogP contribution >= 0.6 is 15.9 Å². The molecule has 2 aromatic rings. The fourth-order valence-corrected chi connectivity index (χ4v) is 2.11. The lowest BCUT2D eigenvalue weighted by Crippen LogP contribution is -2.08. The van der Waals surface area contributed by atoms with Gasteiger partial charge in [-0.2, -0.15) is 0 Å². The summed E-state index contributed by atoms with van der Waals surface area (Å²) in [4.78, 5) is 11.5. The highest BCUT2D eigenvalue weighted by Gasteiger charge is 2.10. The van der Waals surface area contributed by atoms with Crippen molar-refractivity contribution in [2.24, 2.45) is 0 Å². The maximum absolute atomic E-state index is 11.5. The van der Waals surface area contributed by atoms with Crippen molar-refractivity contribution in [1.82, 2.24) is 0 Å². The molecule has 96 valence electrons. The van der Waals surface area contributed by atoms with Crippen molar-refractivity contribution in [3.05, 3.63) is 40.2 Å². The number of alkyl halides is 1. The molecule has 0 spiro atoms. The van der Waals surface area contributed by atoms with Gasteiger partial charge in [-0.3, -0.25) is 0 Å². The van der Waals surface area contributed by atoms with Gasteiger partial charge in [0.1, 0.15) is 16.3 Å². The molecule has 5 heteroatoms. The summed E-state index contributed by atoms with van der Waals surface area (Å²) in [5.74, 6) is 0.657. The highest BCUT2D eigenvalue weighted by Crippen LogP contribution is 2.24. The van der Waals surface area contributed by atoms with Crippen LogP contribution < -0.4 is 10.4 Å². The van der Waals surface area contributed by atoms with Crippen LogP contribution in [0.2, 0.25) is 0 Å². The topological polar surface area (TPSA) is 48.7 Å². The molecule has 0 N–H and O–H groups in total. The van der Waals surface area contributed by atoms with Gasteiger partial charge in [0.2, 0.25) is 0 Å². The number of halogens is 1. The summed E-state index contributed by atoms with van der Waals surface area (Å²) in [6.07, 6.45) is 0.588. The van der Waals surface area contributed by atoms with E-state index in [4.69, 9.17) is 13.9 Å². The molecule has 0 amide bonds. The van der Waals surface area contributed by atoms with Gasteiger partial charge >= 0.3 is 5.63 Å². The van der Waals surface area contributed by atoms with Crippen LogP contribution in [0.5, 0.6) is 5.75 Å². The summed E-state index contributed by atoms with van der Waals surface area (Å²) in [5.41, 5.74) is 1.03. The molecule has 1 unspecified atom stereocenters. The first-order chi connectivity index (χ1) is 8.63. The third kappa shape index (κ3) is 2.73. The predicted molar refractivity (Wildman–Crippen MR) is 72.5 cm³/mol. The van der Waals surface area contributed by atoms with Crippen LogP contribution in [0.25, 0.3) is 11.0 Å².